The van der Waals surface area contributed by atoms with Crippen LogP contribution in [0.15, 0.2) is 6.20 Å². The van der Waals surface area contributed by atoms with E-state index in [2.05, 4.69) is 11.9 Å². The predicted octanol–water partition coefficient (Wildman–Crippen LogP) is 2.35. The maximum Gasteiger partial charge on any atom is 0.265 e. The Balaban J connectivity index is 1.99. The lowest BCUT2D eigenvalue weighted by Crippen LogP contribution is -2.43. The van der Waals surface area contributed by atoms with Gasteiger partial charge in [0.05, 0.1) is 17.3 Å². The number of hydrogen-bond acceptors (Lipinski definition) is 4. The highest BCUT2D eigenvalue weighted by Gasteiger charge is 2.25. The number of carbonyl (C=O) groups excluding carboxylic acids is 1. The molecule has 2 heterocycles. The Kier molecular flexibility index (Phi) is 4.72. The first-order valence-corrected chi connectivity index (χ1v) is 7.41. The summed E-state index contributed by atoms with van der Waals surface area (Å²) < 4.78 is 5.62. The third kappa shape index (κ3) is 3.09. The summed E-state index contributed by atoms with van der Waals surface area (Å²) >= 11 is 1.51. The van der Waals surface area contributed by atoms with Crippen LogP contribution in [-0.2, 0) is 11.2 Å². The van der Waals surface area contributed by atoms with Crippen molar-refractivity contribution in [3.05, 3.63) is 16.1 Å². The Morgan fingerprint density at radius 1 is 1.61 bits per heavy atom. The quantitative estimate of drug-likeness (QED) is 0.842. The van der Waals surface area contributed by atoms with Crippen molar-refractivity contribution in [3.8, 4) is 0 Å². The van der Waals surface area contributed by atoms with Crippen LogP contribution in [0.5, 0.6) is 0 Å². The largest absolute Gasteiger partial charge is 0.377 e. The number of aromatic nitrogens is 1. The summed E-state index contributed by atoms with van der Waals surface area (Å²) in [5.74, 6) is 0.108. The van der Waals surface area contributed by atoms with E-state index in [0.29, 0.717) is 13.2 Å². The molecular formula is C13H20N2O2S. The number of thiazole rings is 1. The average Bonchev–Trinajstić information content (AvgIpc) is 2.87. The second-order valence-corrected chi connectivity index (χ2v) is 5.56. The topological polar surface area (TPSA) is 42.4 Å². The van der Waals surface area contributed by atoms with Gasteiger partial charge >= 0.3 is 0 Å². The van der Waals surface area contributed by atoms with Crippen LogP contribution >= 0.6 is 11.3 Å². The molecule has 0 N–H and O–H groups in total. The van der Waals surface area contributed by atoms with Crippen LogP contribution in [0.1, 0.15) is 41.4 Å². The molecule has 0 saturated carbocycles. The van der Waals surface area contributed by atoms with Crippen molar-refractivity contribution in [2.45, 2.75) is 39.2 Å². The van der Waals surface area contributed by atoms with E-state index in [9.17, 15) is 4.79 Å². The zero-order valence-corrected chi connectivity index (χ0v) is 11.8. The minimum absolute atomic E-state index is 0.108. The first kappa shape index (κ1) is 13.5. The normalized spacial score (nSPS) is 20.1. The second-order valence-electron chi connectivity index (χ2n) is 4.44. The smallest absolute Gasteiger partial charge is 0.265 e. The van der Waals surface area contributed by atoms with Gasteiger partial charge in [0.15, 0.2) is 0 Å². The van der Waals surface area contributed by atoms with Crippen LogP contribution in [-0.4, -0.2) is 41.6 Å². The van der Waals surface area contributed by atoms with Gasteiger partial charge in [-0.1, -0.05) is 6.92 Å². The number of ether oxygens (including phenoxy) is 1. The Morgan fingerprint density at radius 3 is 3.11 bits per heavy atom. The Hall–Kier alpha value is -0.940. The molecule has 1 aliphatic heterocycles. The molecule has 0 aromatic carbocycles. The first-order chi connectivity index (χ1) is 8.74. The summed E-state index contributed by atoms with van der Waals surface area (Å²) in [6, 6.07) is 0. The highest BCUT2D eigenvalue weighted by atomic mass is 32.1. The van der Waals surface area contributed by atoms with Crippen LogP contribution in [0.4, 0.5) is 0 Å². The van der Waals surface area contributed by atoms with Gasteiger partial charge in [0.2, 0.25) is 0 Å². The predicted molar refractivity (Wildman–Crippen MR) is 72.0 cm³/mol. The zero-order chi connectivity index (χ0) is 13.0. The average molecular weight is 268 g/mol. The summed E-state index contributed by atoms with van der Waals surface area (Å²) in [5, 5.41) is 1.02. The molecule has 0 radical (unpaired) electrons. The number of rotatable bonds is 4. The molecular weight excluding hydrogens is 248 g/mol. The van der Waals surface area contributed by atoms with Crippen LogP contribution < -0.4 is 0 Å². The van der Waals surface area contributed by atoms with E-state index >= 15 is 0 Å². The van der Waals surface area contributed by atoms with Crippen molar-refractivity contribution in [2.75, 3.05) is 19.7 Å². The van der Waals surface area contributed by atoms with Crippen molar-refractivity contribution in [3.63, 3.8) is 0 Å². The summed E-state index contributed by atoms with van der Waals surface area (Å²) in [5.41, 5.74) is 0. The van der Waals surface area contributed by atoms with Crippen molar-refractivity contribution in [1.29, 1.82) is 0 Å². The standard InChI is InChI=1S/C13H20N2O2S/c1-3-12-14-8-11(18-12)13(16)15-7-5-6-10(9-15)17-4-2/h8,10H,3-7,9H2,1-2H3. The third-order valence-corrected chi connectivity index (χ3v) is 4.26. The van der Waals surface area contributed by atoms with E-state index in [4.69, 9.17) is 4.74 Å². The van der Waals surface area contributed by atoms with Gasteiger partial charge in [-0.15, -0.1) is 11.3 Å². The molecule has 0 aliphatic carbocycles. The van der Waals surface area contributed by atoms with Gasteiger partial charge in [0, 0.05) is 19.7 Å². The minimum atomic E-state index is 0.108. The van der Waals surface area contributed by atoms with Crippen LogP contribution in [0.3, 0.4) is 0 Å². The van der Waals surface area contributed by atoms with E-state index in [1.807, 2.05) is 11.8 Å². The molecule has 0 spiro atoms. The van der Waals surface area contributed by atoms with Crippen molar-refractivity contribution >= 4 is 17.2 Å². The fourth-order valence-electron chi connectivity index (χ4n) is 2.22. The molecule has 4 nitrogen and oxygen atoms in total. The van der Waals surface area contributed by atoms with Crippen LogP contribution in [0.2, 0.25) is 0 Å². The lowest BCUT2D eigenvalue weighted by Gasteiger charge is -2.32. The van der Waals surface area contributed by atoms with Crippen LogP contribution in [0, 0.1) is 0 Å². The summed E-state index contributed by atoms with van der Waals surface area (Å²) in [4.78, 5) is 19.2. The molecule has 0 bridgehead atoms. The molecule has 1 saturated heterocycles. The molecule has 5 heteroatoms. The highest BCUT2D eigenvalue weighted by molar-refractivity contribution is 7.13. The maximum atomic E-state index is 12.3. The number of amides is 1. The van der Waals surface area contributed by atoms with Gasteiger partial charge in [0.25, 0.3) is 5.91 Å². The molecule has 1 aromatic heterocycles. The molecule has 2 rings (SSSR count). The SMILES string of the molecule is CCOC1CCCN(C(=O)c2cnc(CC)s2)C1. The Bertz CT molecular complexity index is 403. The Morgan fingerprint density at radius 2 is 2.44 bits per heavy atom. The molecule has 1 aliphatic rings. The lowest BCUT2D eigenvalue weighted by atomic mass is 10.1. The first-order valence-electron chi connectivity index (χ1n) is 6.60. The van der Waals surface area contributed by atoms with Gasteiger partial charge in [-0.05, 0) is 26.2 Å². The van der Waals surface area contributed by atoms with Gasteiger partial charge in [-0.2, -0.15) is 0 Å². The van der Waals surface area contributed by atoms with Gasteiger partial charge < -0.3 is 9.64 Å². The van der Waals surface area contributed by atoms with Gasteiger partial charge in [-0.3, -0.25) is 4.79 Å². The molecule has 18 heavy (non-hydrogen) atoms. The number of piperidine rings is 1. The molecule has 1 atom stereocenters. The summed E-state index contributed by atoms with van der Waals surface area (Å²) in [6.07, 6.45) is 4.87. The van der Waals surface area contributed by atoms with E-state index in [0.717, 1.165) is 35.7 Å². The molecule has 1 unspecified atom stereocenters. The number of carbonyl (C=O) groups is 1. The number of likely N-dealkylation sites (tertiary alicyclic amines) is 1. The second kappa shape index (κ2) is 6.29. The summed E-state index contributed by atoms with van der Waals surface area (Å²) in [6.45, 7) is 6.32. The maximum absolute atomic E-state index is 12.3. The zero-order valence-electron chi connectivity index (χ0n) is 11.0. The van der Waals surface area contributed by atoms with Crippen LogP contribution in [0.25, 0.3) is 0 Å². The molecule has 1 amide bonds. The highest BCUT2D eigenvalue weighted by Crippen LogP contribution is 2.20. The fourth-order valence-corrected chi connectivity index (χ4v) is 3.05. The Labute approximate surface area is 112 Å². The van der Waals surface area contributed by atoms with Gasteiger partial charge in [-0.25, -0.2) is 4.98 Å². The fraction of sp³-hybridized carbons (Fsp3) is 0.692. The van der Waals surface area contributed by atoms with E-state index in [-0.39, 0.29) is 12.0 Å². The monoisotopic (exact) mass is 268 g/mol. The minimum Gasteiger partial charge on any atom is -0.377 e. The number of nitrogens with zero attached hydrogens (tertiary/aromatic N) is 2. The van der Waals surface area contributed by atoms with Crippen molar-refractivity contribution < 1.29 is 9.53 Å². The molecule has 100 valence electrons. The number of hydrogen-bond donors (Lipinski definition) is 0. The molecule has 1 fully saturated rings. The van der Waals surface area contributed by atoms with Gasteiger partial charge in [0.1, 0.15) is 4.88 Å². The van der Waals surface area contributed by atoms with E-state index in [1.165, 1.54) is 11.3 Å². The summed E-state index contributed by atoms with van der Waals surface area (Å²) in [7, 11) is 0. The lowest BCUT2D eigenvalue weighted by molar-refractivity contribution is 0.00741. The number of aryl methyl sites for hydroxylation is 1. The van der Waals surface area contributed by atoms with E-state index in [1.54, 1.807) is 6.20 Å². The third-order valence-electron chi connectivity index (χ3n) is 3.13. The van der Waals surface area contributed by atoms with Crippen molar-refractivity contribution in [1.82, 2.24) is 9.88 Å². The van der Waals surface area contributed by atoms with E-state index < -0.39 is 0 Å². The molecule has 1 aromatic rings. The van der Waals surface area contributed by atoms with Crippen molar-refractivity contribution in [2.24, 2.45) is 0 Å².